The second kappa shape index (κ2) is 13.1. The van der Waals surface area contributed by atoms with Gasteiger partial charge >= 0.3 is 0 Å². The number of nitrogens with zero attached hydrogens (tertiary/aromatic N) is 5. The molecule has 2 aliphatic rings. The summed E-state index contributed by atoms with van der Waals surface area (Å²) in [7, 11) is 2.14. The van der Waals surface area contributed by atoms with Crippen LogP contribution in [-0.4, -0.2) is 96.8 Å². The molecule has 11 heteroatoms. The first-order valence-electron chi connectivity index (χ1n) is 13.8. The fourth-order valence-corrected chi connectivity index (χ4v) is 6.87. The van der Waals surface area contributed by atoms with Gasteiger partial charge in [0.15, 0.2) is 5.13 Å². The smallest absolute Gasteiger partial charge is 0.257 e. The van der Waals surface area contributed by atoms with Gasteiger partial charge in [0.2, 0.25) is 5.91 Å². The van der Waals surface area contributed by atoms with E-state index in [-0.39, 0.29) is 17.7 Å². The maximum absolute atomic E-state index is 13.2. The summed E-state index contributed by atoms with van der Waals surface area (Å²) < 4.78 is 0.987. The van der Waals surface area contributed by atoms with Gasteiger partial charge in [-0.1, -0.05) is 23.0 Å². The SMILES string of the molecule is CC(=O)N1CCN(C(=O)c2cc(C)cc(CSc3cnc(NC(=O)c4ccc(N5CCN(C)CC5)cc4)s3)c2)CC1. The predicted molar refractivity (Wildman–Crippen MR) is 165 cm³/mol. The zero-order chi connectivity index (χ0) is 28.9. The summed E-state index contributed by atoms with van der Waals surface area (Å²) in [6, 6.07) is 13.7. The van der Waals surface area contributed by atoms with E-state index in [0.29, 0.717) is 48.2 Å². The number of hydrogen-bond donors (Lipinski definition) is 1. The topological polar surface area (TPSA) is 89.1 Å². The fourth-order valence-electron chi connectivity index (χ4n) is 5.07. The Hall–Kier alpha value is -3.41. The van der Waals surface area contributed by atoms with Crippen LogP contribution in [0, 0.1) is 6.92 Å². The van der Waals surface area contributed by atoms with Crippen molar-refractivity contribution in [3.05, 3.63) is 70.9 Å². The number of piperazine rings is 2. The van der Waals surface area contributed by atoms with E-state index in [2.05, 4.69) is 33.2 Å². The summed E-state index contributed by atoms with van der Waals surface area (Å²) in [5, 5.41) is 3.48. The lowest BCUT2D eigenvalue weighted by Gasteiger charge is -2.34. The number of aromatic nitrogens is 1. The van der Waals surface area contributed by atoms with E-state index in [1.165, 1.54) is 11.3 Å². The molecule has 216 valence electrons. The maximum Gasteiger partial charge on any atom is 0.257 e. The molecule has 0 radical (unpaired) electrons. The van der Waals surface area contributed by atoms with Crippen LogP contribution in [0.5, 0.6) is 0 Å². The largest absolute Gasteiger partial charge is 0.369 e. The lowest BCUT2D eigenvalue weighted by Crippen LogP contribution is -2.50. The van der Waals surface area contributed by atoms with E-state index in [0.717, 1.165) is 47.2 Å². The molecule has 2 aliphatic heterocycles. The number of carbonyl (C=O) groups is 3. The Morgan fingerprint density at radius 1 is 0.902 bits per heavy atom. The van der Waals surface area contributed by atoms with Gasteiger partial charge in [-0.3, -0.25) is 19.7 Å². The van der Waals surface area contributed by atoms with Gasteiger partial charge in [0.05, 0.1) is 10.4 Å². The van der Waals surface area contributed by atoms with Crippen molar-refractivity contribution in [1.82, 2.24) is 19.7 Å². The molecular weight excluding hydrogens is 557 g/mol. The van der Waals surface area contributed by atoms with Gasteiger partial charge in [-0.25, -0.2) is 4.98 Å². The van der Waals surface area contributed by atoms with E-state index >= 15 is 0 Å². The lowest BCUT2D eigenvalue weighted by atomic mass is 10.1. The monoisotopic (exact) mass is 592 g/mol. The minimum atomic E-state index is -0.174. The Balaban J connectivity index is 1.14. The average Bonchev–Trinajstić information content (AvgIpc) is 3.43. The van der Waals surface area contributed by atoms with Crippen LogP contribution in [0.4, 0.5) is 10.8 Å². The Morgan fingerprint density at radius 3 is 2.27 bits per heavy atom. The molecule has 3 heterocycles. The third-order valence-corrected chi connectivity index (χ3v) is 9.66. The molecule has 0 atom stereocenters. The summed E-state index contributed by atoms with van der Waals surface area (Å²) in [5.74, 6) is 0.561. The van der Waals surface area contributed by atoms with Crippen molar-refractivity contribution in [2.24, 2.45) is 0 Å². The van der Waals surface area contributed by atoms with Crippen LogP contribution in [0.1, 0.15) is 38.8 Å². The van der Waals surface area contributed by atoms with Crippen LogP contribution in [0.25, 0.3) is 0 Å². The second-order valence-corrected chi connectivity index (χ2v) is 12.9. The van der Waals surface area contributed by atoms with E-state index in [9.17, 15) is 14.4 Å². The first-order chi connectivity index (χ1) is 19.7. The quantitative estimate of drug-likeness (QED) is 0.414. The Morgan fingerprint density at radius 2 is 1.59 bits per heavy atom. The normalized spacial score (nSPS) is 16.1. The predicted octanol–water partition coefficient (Wildman–Crippen LogP) is 4.05. The number of amides is 3. The van der Waals surface area contributed by atoms with Crippen molar-refractivity contribution in [3.8, 4) is 0 Å². The zero-order valence-electron chi connectivity index (χ0n) is 23.8. The van der Waals surface area contributed by atoms with Crippen molar-refractivity contribution in [2.75, 3.05) is 69.6 Å². The molecule has 9 nitrogen and oxygen atoms in total. The number of thioether (sulfide) groups is 1. The first kappa shape index (κ1) is 29.1. The molecule has 0 saturated carbocycles. The van der Waals surface area contributed by atoms with Gasteiger partial charge in [-0.05, 0) is 55.9 Å². The summed E-state index contributed by atoms with van der Waals surface area (Å²) >= 11 is 3.07. The molecule has 0 aliphatic carbocycles. The van der Waals surface area contributed by atoms with Gasteiger partial charge in [0.1, 0.15) is 0 Å². The van der Waals surface area contributed by atoms with Crippen molar-refractivity contribution in [3.63, 3.8) is 0 Å². The van der Waals surface area contributed by atoms with Crippen LogP contribution in [0.15, 0.2) is 52.9 Å². The van der Waals surface area contributed by atoms with E-state index in [4.69, 9.17) is 0 Å². The van der Waals surface area contributed by atoms with Crippen molar-refractivity contribution < 1.29 is 14.4 Å². The average molecular weight is 593 g/mol. The standard InChI is InChI=1S/C30H36N6O3S2/c1-21-16-23(18-25(17-21)29(39)36-14-12-34(13-15-36)22(2)37)20-40-27-19-31-30(41-27)32-28(38)24-4-6-26(7-5-24)35-10-8-33(3)9-11-35/h4-7,16-19H,8-15,20H2,1-3H3,(H,31,32,38). The summed E-state index contributed by atoms with van der Waals surface area (Å²) in [6.07, 6.45) is 1.78. The molecule has 0 spiro atoms. The van der Waals surface area contributed by atoms with Crippen LogP contribution in [-0.2, 0) is 10.5 Å². The number of nitrogens with one attached hydrogen (secondary N) is 1. The minimum Gasteiger partial charge on any atom is -0.369 e. The number of aryl methyl sites for hydroxylation is 1. The Labute approximate surface area is 249 Å². The summed E-state index contributed by atoms with van der Waals surface area (Å²) in [5.41, 5.74) is 4.50. The van der Waals surface area contributed by atoms with Crippen LogP contribution < -0.4 is 10.2 Å². The van der Waals surface area contributed by atoms with Crippen LogP contribution in [0.3, 0.4) is 0 Å². The number of benzene rings is 2. The first-order valence-corrected chi connectivity index (χ1v) is 15.6. The molecule has 3 amide bonds. The molecule has 41 heavy (non-hydrogen) atoms. The van der Waals surface area contributed by atoms with Crippen LogP contribution in [0.2, 0.25) is 0 Å². The summed E-state index contributed by atoms with van der Waals surface area (Å²) in [6.45, 7) is 9.85. The molecule has 2 aromatic carbocycles. The van der Waals surface area contributed by atoms with Crippen molar-refractivity contribution in [2.45, 2.75) is 23.8 Å². The number of hydrogen-bond acceptors (Lipinski definition) is 8. The Bertz CT molecular complexity index is 1390. The fraction of sp³-hybridized carbons (Fsp3) is 0.400. The minimum absolute atomic E-state index is 0.00232. The van der Waals surface area contributed by atoms with Gasteiger partial charge in [0, 0.05) is 81.8 Å². The second-order valence-electron chi connectivity index (χ2n) is 10.6. The lowest BCUT2D eigenvalue weighted by molar-refractivity contribution is -0.130. The number of carbonyl (C=O) groups excluding carboxylic acids is 3. The molecular formula is C30H36N6O3S2. The summed E-state index contributed by atoms with van der Waals surface area (Å²) in [4.78, 5) is 50.2. The third kappa shape index (κ3) is 7.46. The van der Waals surface area contributed by atoms with Crippen LogP contribution >= 0.6 is 23.1 Å². The van der Waals surface area contributed by atoms with Crippen molar-refractivity contribution in [1.29, 1.82) is 0 Å². The molecule has 5 rings (SSSR count). The number of anilines is 2. The van der Waals surface area contributed by atoms with E-state index in [1.54, 1.807) is 29.8 Å². The molecule has 2 saturated heterocycles. The van der Waals surface area contributed by atoms with Crippen molar-refractivity contribution >= 4 is 51.6 Å². The highest BCUT2D eigenvalue weighted by atomic mass is 32.2. The van der Waals surface area contributed by atoms with Gasteiger partial charge in [-0.15, -0.1) is 11.8 Å². The van der Waals surface area contributed by atoms with Gasteiger partial charge in [-0.2, -0.15) is 0 Å². The highest BCUT2D eigenvalue weighted by Crippen LogP contribution is 2.31. The molecule has 1 aromatic heterocycles. The molecule has 0 unspecified atom stereocenters. The van der Waals surface area contributed by atoms with Gasteiger partial charge < -0.3 is 19.6 Å². The molecule has 0 bridgehead atoms. The number of rotatable bonds is 7. The number of likely N-dealkylation sites (N-methyl/N-ethyl adjacent to an activating group) is 1. The van der Waals surface area contributed by atoms with Gasteiger partial charge in [0.25, 0.3) is 11.8 Å². The molecule has 1 N–H and O–H groups in total. The van der Waals surface area contributed by atoms with E-state index in [1.807, 2.05) is 48.2 Å². The number of thiazole rings is 1. The maximum atomic E-state index is 13.2. The zero-order valence-corrected chi connectivity index (χ0v) is 25.4. The highest BCUT2D eigenvalue weighted by Gasteiger charge is 2.24. The van der Waals surface area contributed by atoms with E-state index < -0.39 is 0 Å². The molecule has 2 fully saturated rings. The molecule has 3 aromatic rings. The Kier molecular flexibility index (Phi) is 9.26. The highest BCUT2D eigenvalue weighted by molar-refractivity contribution is 8.00. The third-order valence-electron chi connectivity index (χ3n) is 7.48.